The Bertz CT molecular complexity index is 327. The quantitative estimate of drug-likeness (QED) is 0.805. The minimum atomic E-state index is 0.180. The number of rotatable bonds is 2. The van der Waals surface area contributed by atoms with Crippen molar-refractivity contribution in [3.05, 3.63) is 24.0 Å². The molecule has 0 saturated heterocycles. The van der Waals surface area contributed by atoms with Gasteiger partial charge in [0.2, 0.25) is 0 Å². The van der Waals surface area contributed by atoms with Crippen molar-refractivity contribution in [1.29, 1.82) is 0 Å². The maximum Gasteiger partial charge on any atom is 0.125 e. The molecule has 1 aromatic rings. The lowest BCUT2D eigenvalue weighted by Gasteiger charge is -2.29. The molecule has 15 heavy (non-hydrogen) atoms. The highest BCUT2D eigenvalue weighted by Gasteiger charge is 2.23. The number of ether oxygens (including phenoxy) is 1. The van der Waals surface area contributed by atoms with Crippen molar-refractivity contribution in [3.63, 3.8) is 0 Å². The molecule has 0 amide bonds. The Kier molecular flexibility index (Phi) is 3.21. The maximum absolute atomic E-state index is 6.04. The van der Waals surface area contributed by atoms with E-state index in [1.807, 2.05) is 19.2 Å². The fourth-order valence-corrected chi connectivity index (χ4v) is 2.03. The summed E-state index contributed by atoms with van der Waals surface area (Å²) in [7, 11) is 0. The minimum Gasteiger partial charge on any atom is -0.488 e. The van der Waals surface area contributed by atoms with Crippen molar-refractivity contribution in [3.8, 4) is 5.75 Å². The van der Waals surface area contributed by atoms with Crippen molar-refractivity contribution in [1.82, 2.24) is 4.98 Å². The Labute approximate surface area is 90.7 Å². The van der Waals surface area contributed by atoms with Crippen LogP contribution in [0.2, 0.25) is 0 Å². The zero-order chi connectivity index (χ0) is 10.7. The van der Waals surface area contributed by atoms with E-state index in [1.165, 1.54) is 12.8 Å². The Morgan fingerprint density at radius 2 is 2.20 bits per heavy atom. The molecule has 1 fully saturated rings. The molecule has 2 unspecified atom stereocenters. The largest absolute Gasteiger partial charge is 0.488 e. The highest BCUT2D eigenvalue weighted by Crippen LogP contribution is 2.24. The van der Waals surface area contributed by atoms with Crippen LogP contribution in [0.15, 0.2) is 18.5 Å². The summed E-state index contributed by atoms with van der Waals surface area (Å²) in [5, 5.41) is 0. The second-order valence-corrected chi connectivity index (χ2v) is 4.25. The van der Waals surface area contributed by atoms with E-state index in [-0.39, 0.29) is 12.1 Å². The molecular weight excluding hydrogens is 188 g/mol. The van der Waals surface area contributed by atoms with Crippen LogP contribution in [0.25, 0.3) is 0 Å². The third-order valence-corrected chi connectivity index (χ3v) is 3.00. The highest BCUT2D eigenvalue weighted by atomic mass is 16.5. The van der Waals surface area contributed by atoms with Gasteiger partial charge in [-0.25, -0.2) is 0 Å². The van der Waals surface area contributed by atoms with E-state index in [1.54, 1.807) is 6.20 Å². The molecule has 1 heterocycles. The molecule has 3 nitrogen and oxygen atoms in total. The second kappa shape index (κ2) is 4.62. The molecule has 1 aliphatic carbocycles. The number of nitrogens with two attached hydrogens (primary N) is 1. The number of pyridine rings is 1. The third-order valence-electron chi connectivity index (χ3n) is 3.00. The SMILES string of the molecule is Cc1cnccc1OC1CCCCC1N. The summed E-state index contributed by atoms with van der Waals surface area (Å²) in [5.74, 6) is 0.923. The number of hydrogen-bond acceptors (Lipinski definition) is 3. The number of aryl methyl sites for hydroxylation is 1. The fraction of sp³-hybridized carbons (Fsp3) is 0.583. The average molecular weight is 206 g/mol. The van der Waals surface area contributed by atoms with Gasteiger partial charge in [-0.05, 0) is 32.3 Å². The lowest BCUT2D eigenvalue weighted by molar-refractivity contribution is 0.131. The standard InChI is InChI=1S/C12H18N2O/c1-9-8-14-7-6-11(9)15-12-5-3-2-4-10(12)13/h6-8,10,12H,2-5,13H2,1H3. The molecule has 3 heteroatoms. The van der Waals surface area contributed by atoms with Crippen LogP contribution >= 0.6 is 0 Å². The smallest absolute Gasteiger partial charge is 0.125 e. The van der Waals surface area contributed by atoms with Gasteiger partial charge in [-0.15, -0.1) is 0 Å². The predicted octanol–water partition coefficient (Wildman–Crippen LogP) is 2.04. The van der Waals surface area contributed by atoms with Crippen LogP contribution in [0.4, 0.5) is 0 Å². The maximum atomic E-state index is 6.04. The molecule has 2 rings (SSSR count). The summed E-state index contributed by atoms with van der Waals surface area (Å²) in [6.45, 7) is 2.01. The molecule has 2 atom stereocenters. The molecule has 0 spiro atoms. The molecule has 0 bridgehead atoms. The van der Waals surface area contributed by atoms with E-state index < -0.39 is 0 Å². The van der Waals surface area contributed by atoms with Gasteiger partial charge in [-0.1, -0.05) is 6.42 Å². The topological polar surface area (TPSA) is 48.1 Å². The van der Waals surface area contributed by atoms with Crippen LogP contribution in [0, 0.1) is 6.92 Å². The van der Waals surface area contributed by atoms with Gasteiger partial charge in [-0.2, -0.15) is 0 Å². The van der Waals surface area contributed by atoms with Gasteiger partial charge in [0.1, 0.15) is 11.9 Å². The molecular formula is C12H18N2O. The zero-order valence-corrected chi connectivity index (χ0v) is 9.15. The van der Waals surface area contributed by atoms with Crippen LogP contribution in [-0.4, -0.2) is 17.1 Å². The van der Waals surface area contributed by atoms with E-state index >= 15 is 0 Å². The first-order valence-electron chi connectivity index (χ1n) is 5.60. The summed E-state index contributed by atoms with van der Waals surface area (Å²) < 4.78 is 5.93. The van der Waals surface area contributed by atoms with Crippen molar-refractivity contribution in [2.45, 2.75) is 44.8 Å². The van der Waals surface area contributed by atoms with Crippen LogP contribution in [0.5, 0.6) is 5.75 Å². The third kappa shape index (κ3) is 2.48. The Balaban J connectivity index is 2.04. The first kappa shape index (κ1) is 10.4. The highest BCUT2D eigenvalue weighted by molar-refractivity contribution is 5.28. The Morgan fingerprint density at radius 1 is 1.40 bits per heavy atom. The van der Waals surface area contributed by atoms with E-state index in [9.17, 15) is 0 Å². The number of aromatic nitrogens is 1. The summed E-state index contributed by atoms with van der Waals surface area (Å²) in [6.07, 6.45) is 8.37. The van der Waals surface area contributed by atoms with Gasteiger partial charge < -0.3 is 10.5 Å². The molecule has 82 valence electrons. The van der Waals surface area contributed by atoms with E-state index in [2.05, 4.69) is 4.98 Å². The summed E-state index contributed by atoms with van der Waals surface area (Å²) in [4.78, 5) is 4.05. The van der Waals surface area contributed by atoms with Gasteiger partial charge in [0.05, 0.1) is 0 Å². The molecule has 0 radical (unpaired) electrons. The van der Waals surface area contributed by atoms with Gasteiger partial charge in [0.25, 0.3) is 0 Å². The fourth-order valence-electron chi connectivity index (χ4n) is 2.03. The molecule has 1 saturated carbocycles. The first-order valence-corrected chi connectivity index (χ1v) is 5.60. The number of nitrogens with zero attached hydrogens (tertiary/aromatic N) is 1. The van der Waals surface area contributed by atoms with Gasteiger partial charge in [0.15, 0.2) is 0 Å². The minimum absolute atomic E-state index is 0.180. The van der Waals surface area contributed by atoms with E-state index in [0.29, 0.717) is 0 Å². The van der Waals surface area contributed by atoms with E-state index in [4.69, 9.17) is 10.5 Å². The Hall–Kier alpha value is -1.09. The lowest BCUT2D eigenvalue weighted by atomic mass is 9.93. The predicted molar refractivity (Wildman–Crippen MR) is 59.8 cm³/mol. The lowest BCUT2D eigenvalue weighted by Crippen LogP contribution is -2.41. The summed E-state index contributed by atoms with van der Waals surface area (Å²) in [6, 6.07) is 2.10. The summed E-state index contributed by atoms with van der Waals surface area (Å²) in [5.41, 5.74) is 7.12. The average Bonchev–Trinajstić information content (AvgIpc) is 2.24. The van der Waals surface area contributed by atoms with Crippen LogP contribution in [0.1, 0.15) is 31.2 Å². The second-order valence-electron chi connectivity index (χ2n) is 4.25. The van der Waals surface area contributed by atoms with Gasteiger partial charge in [-0.3, -0.25) is 4.98 Å². The van der Waals surface area contributed by atoms with Crippen LogP contribution in [-0.2, 0) is 0 Å². The molecule has 2 N–H and O–H groups in total. The molecule has 1 aromatic heterocycles. The summed E-state index contributed by atoms with van der Waals surface area (Å²) >= 11 is 0. The molecule has 0 aromatic carbocycles. The van der Waals surface area contributed by atoms with Gasteiger partial charge in [0, 0.05) is 24.0 Å². The molecule has 1 aliphatic rings. The zero-order valence-electron chi connectivity index (χ0n) is 9.15. The van der Waals surface area contributed by atoms with Crippen molar-refractivity contribution in [2.24, 2.45) is 5.73 Å². The first-order chi connectivity index (χ1) is 7.27. The van der Waals surface area contributed by atoms with Crippen LogP contribution < -0.4 is 10.5 Å². The van der Waals surface area contributed by atoms with E-state index in [0.717, 1.165) is 24.2 Å². The number of hydrogen-bond donors (Lipinski definition) is 1. The monoisotopic (exact) mass is 206 g/mol. The molecule has 0 aliphatic heterocycles. The van der Waals surface area contributed by atoms with Crippen molar-refractivity contribution < 1.29 is 4.74 Å². The van der Waals surface area contributed by atoms with Crippen molar-refractivity contribution >= 4 is 0 Å². The van der Waals surface area contributed by atoms with Crippen molar-refractivity contribution in [2.75, 3.05) is 0 Å². The van der Waals surface area contributed by atoms with Crippen LogP contribution in [0.3, 0.4) is 0 Å². The Morgan fingerprint density at radius 3 is 2.93 bits per heavy atom. The normalized spacial score (nSPS) is 26.3. The van der Waals surface area contributed by atoms with Gasteiger partial charge >= 0.3 is 0 Å².